The number of carbonyl (C=O) groups is 1. The molecule has 2 rings (SSSR count). The third kappa shape index (κ3) is 2.83. The summed E-state index contributed by atoms with van der Waals surface area (Å²) in [5.41, 5.74) is -0.739. The maximum absolute atomic E-state index is 13.3. The van der Waals surface area contributed by atoms with Crippen LogP contribution in [0.3, 0.4) is 0 Å². The minimum absolute atomic E-state index is 0.215. The minimum Gasteiger partial charge on any atom is -0.545 e. The van der Waals surface area contributed by atoms with Crippen molar-refractivity contribution in [3.8, 4) is 0 Å². The van der Waals surface area contributed by atoms with E-state index >= 15 is 0 Å². The van der Waals surface area contributed by atoms with Gasteiger partial charge in [0, 0.05) is 18.7 Å². The zero-order chi connectivity index (χ0) is 14.9. The van der Waals surface area contributed by atoms with Crippen molar-refractivity contribution in [2.24, 2.45) is 5.92 Å². The number of carboxylic acids is 1. The lowest BCUT2D eigenvalue weighted by Crippen LogP contribution is -2.38. The standard InChI is InChI=1S/C13H16FNO4S/c1-9-4-6-15(7-5-9)20(18,19)10-2-3-12(14)11(8-10)13(16)17/h2-3,8-9H,4-7H2,1H3,(H,16,17)/p-1. The topological polar surface area (TPSA) is 77.5 Å². The molecule has 1 aliphatic rings. The smallest absolute Gasteiger partial charge is 0.243 e. The number of benzene rings is 1. The Labute approximate surface area is 117 Å². The molecule has 0 spiro atoms. The normalized spacial score (nSPS) is 18.1. The molecule has 0 bridgehead atoms. The number of hydrogen-bond donors (Lipinski definition) is 0. The molecule has 0 N–H and O–H groups in total. The molecule has 0 unspecified atom stereocenters. The van der Waals surface area contributed by atoms with Crippen LogP contribution in [0.1, 0.15) is 30.1 Å². The quantitative estimate of drug-likeness (QED) is 0.819. The highest BCUT2D eigenvalue weighted by Crippen LogP contribution is 2.24. The van der Waals surface area contributed by atoms with Crippen LogP contribution in [0.5, 0.6) is 0 Å². The fourth-order valence-electron chi connectivity index (χ4n) is 2.20. The summed E-state index contributed by atoms with van der Waals surface area (Å²) in [5, 5.41) is 10.8. The van der Waals surface area contributed by atoms with Crippen LogP contribution in [0.15, 0.2) is 23.1 Å². The van der Waals surface area contributed by atoms with E-state index in [9.17, 15) is 22.7 Å². The summed E-state index contributed by atoms with van der Waals surface area (Å²) in [7, 11) is -3.78. The maximum atomic E-state index is 13.3. The van der Waals surface area contributed by atoms with Crippen molar-refractivity contribution in [2.45, 2.75) is 24.7 Å². The van der Waals surface area contributed by atoms with Crippen LogP contribution >= 0.6 is 0 Å². The molecule has 5 nitrogen and oxygen atoms in total. The van der Waals surface area contributed by atoms with Crippen molar-refractivity contribution < 1.29 is 22.7 Å². The SMILES string of the molecule is CC1CCN(S(=O)(=O)c2ccc(F)c(C(=O)[O-])c2)CC1. The second-order valence-electron chi connectivity index (χ2n) is 5.02. The van der Waals surface area contributed by atoms with E-state index < -0.39 is 27.4 Å². The highest BCUT2D eigenvalue weighted by molar-refractivity contribution is 7.89. The molecule has 0 radical (unpaired) electrons. The van der Waals surface area contributed by atoms with E-state index in [2.05, 4.69) is 6.92 Å². The van der Waals surface area contributed by atoms with Gasteiger partial charge in [0.25, 0.3) is 0 Å². The van der Waals surface area contributed by atoms with Crippen molar-refractivity contribution in [2.75, 3.05) is 13.1 Å². The van der Waals surface area contributed by atoms with Gasteiger partial charge in [-0.15, -0.1) is 0 Å². The lowest BCUT2D eigenvalue weighted by Gasteiger charge is -2.29. The molecule has 1 aromatic rings. The molecule has 0 aliphatic carbocycles. The molecular weight excluding hydrogens is 285 g/mol. The van der Waals surface area contributed by atoms with Gasteiger partial charge >= 0.3 is 0 Å². The first-order valence-electron chi connectivity index (χ1n) is 6.33. The number of carboxylic acid groups (broad SMARTS) is 1. The van der Waals surface area contributed by atoms with E-state index in [0.717, 1.165) is 31.0 Å². The summed E-state index contributed by atoms with van der Waals surface area (Å²) in [6.45, 7) is 2.83. The first kappa shape index (κ1) is 14.9. The first-order chi connectivity index (χ1) is 9.32. The average molecular weight is 300 g/mol. The van der Waals surface area contributed by atoms with Gasteiger partial charge in [-0.1, -0.05) is 6.92 Å². The molecule has 0 atom stereocenters. The average Bonchev–Trinajstić information content (AvgIpc) is 2.39. The number of hydrogen-bond acceptors (Lipinski definition) is 4. The molecular formula is C13H15FNO4S-. The van der Waals surface area contributed by atoms with E-state index in [0.29, 0.717) is 19.0 Å². The Morgan fingerprint density at radius 3 is 2.50 bits per heavy atom. The molecule has 1 aliphatic heterocycles. The van der Waals surface area contributed by atoms with E-state index in [1.807, 2.05) is 0 Å². The number of halogens is 1. The summed E-state index contributed by atoms with van der Waals surface area (Å²) in [5.74, 6) is -2.27. The molecule has 7 heteroatoms. The summed E-state index contributed by atoms with van der Waals surface area (Å²) in [6, 6.07) is 2.73. The fraction of sp³-hybridized carbons (Fsp3) is 0.462. The highest BCUT2D eigenvalue weighted by atomic mass is 32.2. The molecule has 1 saturated heterocycles. The van der Waals surface area contributed by atoms with Gasteiger partial charge in [0.2, 0.25) is 10.0 Å². The van der Waals surface area contributed by atoms with Gasteiger partial charge in [-0.25, -0.2) is 12.8 Å². The third-order valence-corrected chi connectivity index (χ3v) is 5.43. The zero-order valence-corrected chi connectivity index (χ0v) is 11.8. The number of piperidine rings is 1. The van der Waals surface area contributed by atoms with E-state index in [4.69, 9.17) is 0 Å². The lowest BCUT2D eigenvalue weighted by atomic mass is 10.0. The van der Waals surface area contributed by atoms with Gasteiger partial charge in [-0.05, 0) is 37.0 Å². The van der Waals surface area contributed by atoms with Gasteiger partial charge < -0.3 is 9.90 Å². The van der Waals surface area contributed by atoms with Crippen molar-refractivity contribution >= 4 is 16.0 Å². The van der Waals surface area contributed by atoms with Crippen LogP contribution in [0.25, 0.3) is 0 Å². The number of nitrogens with zero attached hydrogens (tertiary/aromatic N) is 1. The van der Waals surface area contributed by atoms with Gasteiger partial charge in [-0.2, -0.15) is 4.31 Å². The van der Waals surface area contributed by atoms with E-state index in [1.54, 1.807) is 0 Å². The predicted molar refractivity (Wildman–Crippen MR) is 67.9 cm³/mol. The number of rotatable bonds is 3. The summed E-state index contributed by atoms with van der Waals surface area (Å²) in [4.78, 5) is 10.5. The van der Waals surface area contributed by atoms with E-state index in [1.165, 1.54) is 4.31 Å². The Balaban J connectivity index is 2.35. The minimum atomic E-state index is -3.78. The second kappa shape index (κ2) is 5.49. The van der Waals surface area contributed by atoms with Crippen molar-refractivity contribution in [1.82, 2.24) is 4.31 Å². The van der Waals surface area contributed by atoms with Gasteiger partial charge in [0.15, 0.2) is 0 Å². The van der Waals surface area contributed by atoms with Crippen LogP contribution in [-0.2, 0) is 10.0 Å². The van der Waals surface area contributed by atoms with Crippen LogP contribution < -0.4 is 5.11 Å². The molecule has 0 amide bonds. The molecule has 1 aromatic carbocycles. The molecule has 0 aromatic heterocycles. The van der Waals surface area contributed by atoms with Crippen LogP contribution in [-0.4, -0.2) is 31.8 Å². The van der Waals surface area contributed by atoms with Crippen molar-refractivity contribution in [3.63, 3.8) is 0 Å². The Morgan fingerprint density at radius 1 is 1.35 bits per heavy atom. The molecule has 20 heavy (non-hydrogen) atoms. The van der Waals surface area contributed by atoms with Crippen LogP contribution in [0.2, 0.25) is 0 Å². The van der Waals surface area contributed by atoms with Crippen molar-refractivity contribution in [1.29, 1.82) is 0 Å². The number of carbonyl (C=O) groups excluding carboxylic acids is 1. The monoisotopic (exact) mass is 300 g/mol. The third-order valence-electron chi connectivity index (χ3n) is 3.54. The molecule has 1 fully saturated rings. The maximum Gasteiger partial charge on any atom is 0.243 e. The van der Waals surface area contributed by atoms with Crippen molar-refractivity contribution in [3.05, 3.63) is 29.6 Å². The summed E-state index contributed by atoms with van der Waals surface area (Å²) < 4.78 is 39.3. The number of sulfonamides is 1. The Bertz CT molecular complexity index is 621. The van der Waals surface area contributed by atoms with Gasteiger partial charge in [0.05, 0.1) is 10.9 Å². The Hall–Kier alpha value is -1.47. The molecule has 0 saturated carbocycles. The van der Waals surface area contributed by atoms with Crippen LogP contribution in [0.4, 0.5) is 4.39 Å². The van der Waals surface area contributed by atoms with Gasteiger partial charge in [0.1, 0.15) is 5.82 Å². The Morgan fingerprint density at radius 2 is 1.95 bits per heavy atom. The Kier molecular flexibility index (Phi) is 4.10. The lowest BCUT2D eigenvalue weighted by molar-refractivity contribution is -0.255. The summed E-state index contributed by atoms with van der Waals surface area (Å²) in [6.07, 6.45) is 1.52. The van der Waals surface area contributed by atoms with Gasteiger partial charge in [-0.3, -0.25) is 0 Å². The largest absolute Gasteiger partial charge is 0.545 e. The molecule has 1 heterocycles. The predicted octanol–water partition coefficient (Wildman–Crippen LogP) is 0.610. The van der Waals surface area contributed by atoms with E-state index in [-0.39, 0.29) is 4.90 Å². The number of aromatic carboxylic acids is 1. The second-order valence-corrected chi connectivity index (χ2v) is 6.95. The molecule has 110 valence electrons. The fourth-order valence-corrected chi connectivity index (χ4v) is 3.69. The zero-order valence-electron chi connectivity index (χ0n) is 11.0. The first-order valence-corrected chi connectivity index (χ1v) is 7.77. The highest BCUT2D eigenvalue weighted by Gasteiger charge is 2.28. The summed E-state index contributed by atoms with van der Waals surface area (Å²) >= 11 is 0. The van der Waals surface area contributed by atoms with Crippen LogP contribution in [0, 0.1) is 11.7 Å².